The standard InChI is InChI=1S/C14H17F3N2O3.ClH/c15-14(16,17)9-22-11-3-1-10(2-4-11)7-19-13(20)12-8-18-5-6-21-12;/h1-4,12,18H,5-9H2,(H,19,20);1H. The van der Waals surface area contributed by atoms with Gasteiger partial charge in [-0.15, -0.1) is 12.4 Å². The molecule has 1 aliphatic heterocycles. The molecule has 1 unspecified atom stereocenters. The molecule has 0 bridgehead atoms. The van der Waals surface area contributed by atoms with Crippen molar-refractivity contribution in [2.24, 2.45) is 0 Å². The molecule has 9 heteroatoms. The summed E-state index contributed by atoms with van der Waals surface area (Å²) in [6.07, 6.45) is -4.87. The first-order chi connectivity index (χ1) is 10.4. The van der Waals surface area contributed by atoms with Crippen LogP contribution in [0.2, 0.25) is 0 Å². The third kappa shape index (κ3) is 7.06. The van der Waals surface area contributed by atoms with Crippen LogP contribution in [0.25, 0.3) is 0 Å². The third-order valence-corrected chi connectivity index (χ3v) is 3.01. The van der Waals surface area contributed by atoms with Crippen LogP contribution < -0.4 is 15.4 Å². The van der Waals surface area contributed by atoms with E-state index < -0.39 is 18.9 Å². The maximum atomic E-state index is 12.0. The molecule has 1 saturated heterocycles. The van der Waals surface area contributed by atoms with Crippen LogP contribution >= 0.6 is 12.4 Å². The van der Waals surface area contributed by atoms with E-state index in [0.717, 1.165) is 12.1 Å². The van der Waals surface area contributed by atoms with E-state index in [1.54, 1.807) is 12.1 Å². The van der Waals surface area contributed by atoms with Crippen molar-refractivity contribution in [3.8, 4) is 5.75 Å². The first-order valence-corrected chi connectivity index (χ1v) is 6.82. The number of alkyl halides is 3. The Labute approximate surface area is 137 Å². The third-order valence-electron chi connectivity index (χ3n) is 3.01. The van der Waals surface area contributed by atoms with Gasteiger partial charge in [-0.2, -0.15) is 13.2 Å². The maximum absolute atomic E-state index is 12.0. The van der Waals surface area contributed by atoms with Crippen LogP contribution in [0.1, 0.15) is 5.56 Å². The Balaban J connectivity index is 0.00000264. The molecule has 5 nitrogen and oxygen atoms in total. The van der Waals surface area contributed by atoms with Crippen molar-refractivity contribution in [2.45, 2.75) is 18.8 Å². The number of rotatable bonds is 5. The highest BCUT2D eigenvalue weighted by atomic mass is 35.5. The van der Waals surface area contributed by atoms with Gasteiger partial charge in [0.25, 0.3) is 5.91 Å². The second kappa shape index (κ2) is 8.95. The van der Waals surface area contributed by atoms with E-state index in [9.17, 15) is 18.0 Å². The van der Waals surface area contributed by atoms with Gasteiger partial charge in [0.05, 0.1) is 6.61 Å². The van der Waals surface area contributed by atoms with Gasteiger partial charge in [0.15, 0.2) is 6.61 Å². The lowest BCUT2D eigenvalue weighted by Crippen LogP contribution is -2.47. The monoisotopic (exact) mass is 354 g/mol. The summed E-state index contributed by atoms with van der Waals surface area (Å²) in [5.74, 6) is -0.0863. The average Bonchev–Trinajstić information content (AvgIpc) is 2.52. The summed E-state index contributed by atoms with van der Waals surface area (Å²) in [5.41, 5.74) is 0.761. The summed E-state index contributed by atoms with van der Waals surface area (Å²) in [6.45, 7) is 0.635. The molecular weight excluding hydrogens is 337 g/mol. The Kier molecular flexibility index (Phi) is 7.60. The van der Waals surface area contributed by atoms with Crippen molar-refractivity contribution in [3.63, 3.8) is 0 Å². The molecule has 23 heavy (non-hydrogen) atoms. The molecule has 1 atom stereocenters. The predicted molar refractivity (Wildman–Crippen MR) is 79.7 cm³/mol. The van der Waals surface area contributed by atoms with Crippen LogP contribution in [0.4, 0.5) is 13.2 Å². The molecule has 1 aromatic rings. The number of benzene rings is 1. The number of carbonyl (C=O) groups is 1. The zero-order valence-electron chi connectivity index (χ0n) is 12.2. The second-order valence-electron chi connectivity index (χ2n) is 4.83. The number of hydrogen-bond acceptors (Lipinski definition) is 4. The van der Waals surface area contributed by atoms with Gasteiger partial charge in [0.2, 0.25) is 0 Å². The van der Waals surface area contributed by atoms with Crippen molar-refractivity contribution in [2.75, 3.05) is 26.3 Å². The highest BCUT2D eigenvalue weighted by Gasteiger charge is 2.28. The summed E-state index contributed by atoms with van der Waals surface area (Å²) in [6, 6.07) is 6.08. The number of morpholine rings is 1. The van der Waals surface area contributed by atoms with Crippen molar-refractivity contribution in [3.05, 3.63) is 29.8 Å². The van der Waals surface area contributed by atoms with E-state index in [4.69, 9.17) is 4.74 Å². The number of halogens is 4. The molecule has 0 spiro atoms. The SMILES string of the molecule is Cl.O=C(NCc1ccc(OCC(F)(F)F)cc1)C1CNCCO1. The first-order valence-electron chi connectivity index (χ1n) is 6.82. The number of hydrogen-bond donors (Lipinski definition) is 2. The predicted octanol–water partition coefficient (Wildman–Crippen LogP) is 1.65. The summed E-state index contributed by atoms with van der Waals surface area (Å²) in [7, 11) is 0. The Morgan fingerprint density at radius 2 is 2.04 bits per heavy atom. The van der Waals surface area contributed by atoms with E-state index in [2.05, 4.69) is 15.4 Å². The summed E-state index contributed by atoms with van der Waals surface area (Å²) >= 11 is 0. The van der Waals surface area contributed by atoms with E-state index in [1.165, 1.54) is 12.1 Å². The number of nitrogens with one attached hydrogen (secondary N) is 2. The van der Waals surface area contributed by atoms with Gasteiger partial charge in [0.1, 0.15) is 11.9 Å². The number of carbonyl (C=O) groups excluding carboxylic acids is 1. The fraction of sp³-hybridized carbons (Fsp3) is 0.500. The lowest BCUT2D eigenvalue weighted by Gasteiger charge is -2.22. The Morgan fingerprint density at radius 3 is 2.61 bits per heavy atom. The molecule has 1 aromatic carbocycles. The van der Waals surface area contributed by atoms with Crippen molar-refractivity contribution < 1.29 is 27.4 Å². The van der Waals surface area contributed by atoms with E-state index in [-0.39, 0.29) is 30.6 Å². The normalized spacial score (nSPS) is 18.0. The molecule has 2 N–H and O–H groups in total. The second-order valence-corrected chi connectivity index (χ2v) is 4.83. The highest BCUT2D eigenvalue weighted by molar-refractivity contribution is 5.85. The van der Waals surface area contributed by atoms with Crippen LogP contribution in [-0.4, -0.2) is 44.5 Å². The molecular formula is C14H18ClF3N2O3. The average molecular weight is 355 g/mol. The van der Waals surface area contributed by atoms with Gasteiger partial charge in [0, 0.05) is 19.6 Å². The molecule has 0 saturated carbocycles. The van der Waals surface area contributed by atoms with Gasteiger partial charge < -0.3 is 20.1 Å². The van der Waals surface area contributed by atoms with Crippen LogP contribution in [-0.2, 0) is 16.1 Å². The maximum Gasteiger partial charge on any atom is 0.422 e. The van der Waals surface area contributed by atoms with E-state index in [1.807, 2.05) is 0 Å². The van der Waals surface area contributed by atoms with Gasteiger partial charge in [-0.3, -0.25) is 4.79 Å². The molecule has 1 aliphatic rings. The molecule has 1 heterocycles. The Bertz CT molecular complexity index is 491. The molecule has 0 aromatic heterocycles. The van der Waals surface area contributed by atoms with E-state index >= 15 is 0 Å². The van der Waals surface area contributed by atoms with Gasteiger partial charge in [-0.05, 0) is 17.7 Å². The zero-order valence-corrected chi connectivity index (χ0v) is 13.0. The first kappa shape index (κ1) is 19.5. The van der Waals surface area contributed by atoms with E-state index in [0.29, 0.717) is 13.2 Å². The molecule has 130 valence electrons. The van der Waals surface area contributed by atoms with Crippen molar-refractivity contribution >= 4 is 18.3 Å². The summed E-state index contributed by atoms with van der Waals surface area (Å²) in [5, 5.41) is 5.77. The minimum atomic E-state index is -4.36. The van der Waals surface area contributed by atoms with Gasteiger partial charge in [-0.1, -0.05) is 12.1 Å². The number of amides is 1. The smallest absolute Gasteiger partial charge is 0.422 e. The topological polar surface area (TPSA) is 59.6 Å². The zero-order chi connectivity index (χ0) is 16.0. The van der Waals surface area contributed by atoms with Gasteiger partial charge in [-0.25, -0.2) is 0 Å². The Hall–Kier alpha value is -1.51. The largest absolute Gasteiger partial charge is 0.484 e. The van der Waals surface area contributed by atoms with Crippen LogP contribution in [0.3, 0.4) is 0 Å². The fourth-order valence-corrected chi connectivity index (χ4v) is 1.91. The van der Waals surface area contributed by atoms with Crippen molar-refractivity contribution in [1.82, 2.24) is 10.6 Å². The lowest BCUT2D eigenvalue weighted by atomic mass is 10.2. The molecule has 2 rings (SSSR count). The van der Waals surface area contributed by atoms with Crippen LogP contribution in [0, 0.1) is 0 Å². The molecule has 0 aliphatic carbocycles. The molecule has 1 fully saturated rings. The summed E-state index contributed by atoms with van der Waals surface area (Å²) in [4.78, 5) is 11.8. The minimum absolute atomic E-state index is 0. The van der Waals surface area contributed by atoms with Gasteiger partial charge >= 0.3 is 6.18 Å². The van der Waals surface area contributed by atoms with Crippen LogP contribution in [0.15, 0.2) is 24.3 Å². The quantitative estimate of drug-likeness (QED) is 0.844. The van der Waals surface area contributed by atoms with Crippen molar-refractivity contribution in [1.29, 1.82) is 0 Å². The Morgan fingerprint density at radius 1 is 1.35 bits per heavy atom. The molecule has 1 amide bonds. The minimum Gasteiger partial charge on any atom is -0.484 e. The number of ether oxygens (including phenoxy) is 2. The highest BCUT2D eigenvalue weighted by Crippen LogP contribution is 2.18. The lowest BCUT2D eigenvalue weighted by molar-refractivity contribution is -0.153. The molecule has 0 radical (unpaired) electrons. The summed E-state index contributed by atoms with van der Waals surface area (Å²) < 4.78 is 46.0. The fourth-order valence-electron chi connectivity index (χ4n) is 1.91. The van der Waals surface area contributed by atoms with Crippen LogP contribution in [0.5, 0.6) is 5.75 Å².